The van der Waals surface area contributed by atoms with E-state index < -0.39 is 22.8 Å². The number of H-pyrrole nitrogens is 1. The predicted molar refractivity (Wildman–Crippen MR) is 125 cm³/mol. The Hall–Kier alpha value is -2.52. The number of halogens is 2. The molecule has 4 rings (SSSR count). The Morgan fingerprint density at radius 3 is 2.65 bits per heavy atom. The van der Waals surface area contributed by atoms with Crippen LogP contribution < -0.4 is 16.6 Å². The first kappa shape index (κ1) is 24.7. The summed E-state index contributed by atoms with van der Waals surface area (Å²) < 4.78 is 2.21. The monoisotopic (exact) mass is 468 g/mol. The topological polar surface area (TPSA) is 133 Å². The Kier molecular flexibility index (Phi) is 7.44. The van der Waals surface area contributed by atoms with Crippen LogP contribution in [0.1, 0.15) is 41.0 Å². The number of hydrogen-bond acceptors (Lipinski definition) is 5. The van der Waals surface area contributed by atoms with Gasteiger partial charge in [-0.1, -0.05) is 13.0 Å². The molecule has 2 aromatic heterocycles. The molecular formula is C21H26Cl2N4O4. The van der Waals surface area contributed by atoms with Crippen LogP contribution >= 0.6 is 24.8 Å². The van der Waals surface area contributed by atoms with Crippen LogP contribution in [-0.4, -0.2) is 38.8 Å². The van der Waals surface area contributed by atoms with Crippen molar-refractivity contribution in [2.45, 2.75) is 38.4 Å². The number of pyridine rings is 1. The van der Waals surface area contributed by atoms with Crippen molar-refractivity contribution in [3.05, 3.63) is 51.4 Å². The number of benzene rings is 1. The van der Waals surface area contributed by atoms with Crippen LogP contribution in [0.15, 0.2) is 29.1 Å². The lowest BCUT2D eigenvalue weighted by Crippen LogP contribution is -2.37. The number of fused-ring (bicyclic) bond motifs is 3. The van der Waals surface area contributed by atoms with Crippen LogP contribution in [0.2, 0.25) is 0 Å². The quantitative estimate of drug-likeness (QED) is 0.399. The number of carbonyl (C=O) groups is 1. The van der Waals surface area contributed by atoms with E-state index in [0.29, 0.717) is 23.2 Å². The SMILES string of the molecule is CCc1c(-c2ccc3c(c2)cc2n3C[C@H](N)C[C@H]2NC)[nH]c(=O)c(C(=O)O)c1O.Cl.Cl. The predicted octanol–water partition coefficient (Wildman–Crippen LogP) is 2.80. The van der Waals surface area contributed by atoms with E-state index in [1.54, 1.807) is 6.92 Å². The van der Waals surface area contributed by atoms with Gasteiger partial charge in [0, 0.05) is 40.8 Å². The number of carboxylic acids is 1. The third-order valence-corrected chi connectivity index (χ3v) is 5.74. The zero-order valence-corrected chi connectivity index (χ0v) is 18.8. The Labute approximate surface area is 191 Å². The molecular weight excluding hydrogens is 443 g/mol. The van der Waals surface area contributed by atoms with Crippen molar-refractivity contribution in [1.82, 2.24) is 14.9 Å². The lowest BCUT2D eigenvalue weighted by Gasteiger charge is -2.29. The summed E-state index contributed by atoms with van der Waals surface area (Å²) in [6.45, 7) is 2.54. The highest BCUT2D eigenvalue weighted by atomic mass is 35.5. The lowest BCUT2D eigenvalue weighted by molar-refractivity contribution is 0.0691. The molecule has 0 saturated carbocycles. The second-order valence-electron chi connectivity index (χ2n) is 7.48. The third kappa shape index (κ3) is 4.04. The summed E-state index contributed by atoms with van der Waals surface area (Å²) in [5.41, 5.74) is 8.54. The second kappa shape index (κ2) is 9.32. The summed E-state index contributed by atoms with van der Waals surface area (Å²) >= 11 is 0. The van der Waals surface area contributed by atoms with Crippen LogP contribution in [0.3, 0.4) is 0 Å². The molecule has 1 aromatic carbocycles. The number of aromatic nitrogens is 2. The lowest BCUT2D eigenvalue weighted by atomic mass is 9.99. The highest BCUT2D eigenvalue weighted by molar-refractivity contribution is 5.93. The van der Waals surface area contributed by atoms with Crippen molar-refractivity contribution < 1.29 is 15.0 Å². The molecule has 168 valence electrons. The average Bonchev–Trinajstić information content (AvgIpc) is 3.04. The number of aromatic carboxylic acids is 1. The van der Waals surface area contributed by atoms with Crippen molar-refractivity contribution in [3.63, 3.8) is 0 Å². The van der Waals surface area contributed by atoms with Gasteiger partial charge in [0.05, 0.1) is 5.69 Å². The minimum absolute atomic E-state index is 0. The Bertz CT molecular complexity index is 1190. The fourth-order valence-corrected chi connectivity index (χ4v) is 4.36. The molecule has 0 bridgehead atoms. The van der Waals surface area contributed by atoms with Crippen LogP contribution in [0.5, 0.6) is 5.75 Å². The van der Waals surface area contributed by atoms with E-state index >= 15 is 0 Å². The van der Waals surface area contributed by atoms with Crippen LogP contribution in [0.4, 0.5) is 0 Å². The van der Waals surface area contributed by atoms with Gasteiger partial charge in [-0.3, -0.25) is 4.79 Å². The van der Waals surface area contributed by atoms with Crippen molar-refractivity contribution in [2.75, 3.05) is 7.05 Å². The highest BCUT2D eigenvalue weighted by Crippen LogP contribution is 2.35. The summed E-state index contributed by atoms with van der Waals surface area (Å²) in [6, 6.07) is 8.13. The van der Waals surface area contributed by atoms with E-state index in [1.807, 2.05) is 25.2 Å². The molecule has 0 spiro atoms. The molecule has 0 saturated heterocycles. The number of nitrogens with one attached hydrogen (secondary N) is 2. The second-order valence-corrected chi connectivity index (χ2v) is 7.48. The normalized spacial score (nSPS) is 17.5. The fourth-order valence-electron chi connectivity index (χ4n) is 4.36. The summed E-state index contributed by atoms with van der Waals surface area (Å²) in [6.07, 6.45) is 1.23. The van der Waals surface area contributed by atoms with Gasteiger partial charge in [-0.2, -0.15) is 0 Å². The maximum atomic E-state index is 12.3. The minimum Gasteiger partial charge on any atom is -0.506 e. The first-order chi connectivity index (χ1) is 13.8. The van der Waals surface area contributed by atoms with Crippen molar-refractivity contribution in [3.8, 4) is 17.0 Å². The molecule has 10 heteroatoms. The number of nitrogens with two attached hydrogens (primary N) is 1. The molecule has 0 radical (unpaired) electrons. The van der Waals surface area contributed by atoms with Gasteiger partial charge in [0.25, 0.3) is 5.56 Å². The van der Waals surface area contributed by atoms with Crippen molar-refractivity contribution in [1.29, 1.82) is 0 Å². The highest BCUT2D eigenvalue weighted by Gasteiger charge is 2.26. The molecule has 6 N–H and O–H groups in total. The first-order valence-electron chi connectivity index (χ1n) is 9.63. The molecule has 3 aromatic rings. The molecule has 2 atom stereocenters. The molecule has 0 amide bonds. The van der Waals surface area contributed by atoms with Crippen LogP contribution in [0, 0.1) is 0 Å². The summed E-state index contributed by atoms with van der Waals surface area (Å²) in [5, 5.41) is 23.9. The van der Waals surface area contributed by atoms with Crippen LogP contribution in [-0.2, 0) is 13.0 Å². The Balaban J connectivity index is 0.00000171. The smallest absolute Gasteiger partial charge is 0.345 e. The van der Waals surface area contributed by atoms with Crippen molar-refractivity contribution >= 4 is 41.7 Å². The Morgan fingerprint density at radius 2 is 2.03 bits per heavy atom. The molecule has 1 aliphatic heterocycles. The minimum atomic E-state index is -1.45. The van der Waals surface area contributed by atoms with Gasteiger partial charge in [-0.15, -0.1) is 24.8 Å². The van der Waals surface area contributed by atoms with Gasteiger partial charge >= 0.3 is 5.97 Å². The maximum absolute atomic E-state index is 12.3. The third-order valence-electron chi connectivity index (χ3n) is 5.74. The molecule has 0 unspecified atom stereocenters. The number of aromatic amines is 1. The van der Waals surface area contributed by atoms with Gasteiger partial charge in [0.15, 0.2) is 5.56 Å². The van der Waals surface area contributed by atoms with E-state index in [0.717, 1.165) is 29.6 Å². The van der Waals surface area contributed by atoms with E-state index in [-0.39, 0.29) is 36.9 Å². The molecule has 3 heterocycles. The van der Waals surface area contributed by atoms with Gasteiger partial charge in [0.1, 0.15) is 5.75 Å². The largest absolute Gasteiger partial charge is 0.506 e. The molecule has 31 heavy (non-hydrogen) atoms. The van der Waals surface area contributed by atoms with Gasteiger partial charge in [-0.05, 0) is 43.7 Å². The van der Waals surface area contributed by atoms with E-state index in [4.69, 9.17) is 5.73 Å². The summed E-state index contributed by atoms with van der Waals surface area (Å²) in [7, 11) is 1.92. The molecule has 0 aliphatic carbocycles. The Morgan fingerprint density at radius 1 is 1.32 bits per heavy atom. The summed E-state index contributed by atoms with van der Waals surface area (Å²) in [4.78, 5) is 26.2. The summed E-state index contributed by atoms with van der Waals surface area (Å²) in [5.74, 6) is -1.92. The van der Waals surface area contributed by atoms with Crippen molar-refractivity contribution in [2.24, 2.45) is 5.73 Å². The fraction of sp³-hybridized carbons (Fsp3) is 0.333. The van der Waals surface area contributed by atoms with Crippen LogP contribution in [0.25, 0.3) is 22.2 Å². The standard InChI is InChI=1S/C21H24N4O4.2ClH/c1-3-13-18(24-20(27)17(19(13)26)21(28)29)10-4-5-15-11(6-10)7-16-14(23-2)8-12(22)9-25(15)16;;/h4-7,12,14,23H,3,8-9,22H2,1-2H3,(H,28,29)(H2,24,26,27);2*1H/t12-,14-;;/m1../s1. The first-order valence-corrected chi connectivity index (χ1v) is 9.63. The average molecular weight is 469 g/mol. The van der Waals surface area contributed by atoms with E-state index in [1.165, 1.54) is 0 Å². The maximum Gasteiger partial charge on any atom is 0.345 e. The van der Waals surface area contributed by atoms with Gasteiger partial charge in [-0.25, -0.2) is 4.79 Å². The number of rotatable bonds is 4. The zero-order chi connectivity index (χ0) is 20.9. The number of nitrogens with zero attached hydrogens (tertiary/aromatic N) is 1. The number of carboxylic acid groups (broad SMARTS) is 1. The van der Waals surface area contributed by atoms with Gasteiger partial charge in [0.2, 0.25) is 0 Å². The number of hydrogen-bond donors (Lipinski definition) is 5. The molecule has 0 fully saturated rings. The van der Waals surface area contributed by atoms with E-state index in [2.05, 4.69) is 20.9 Å². The van der Waals surface area contributed by atoms with E-state index in [9.17, 15) is 19.8 Å². The zero-order valence-electron chi connectivity index (χ0n) is 17.1. The molecule has 8 nitrogen and oxygen atoms in total. The number of aromatic hydroxyl groups is 1. The molecule has 1 aliphatic rings. The van der Waals surface area contributed by atoms with Gasteiger partial charge < -0.3 is 30.8 Å².